The third-order valence-electron chi connectivity index (χ3n) is 3.52. The highest BCUT2D eigenvalue weighted by Gasteiger charge is 2.16. The summed E-state index contributed by atoms with van der Waals surface area (Å²) in [6, 6.07) is 20.5. The molecule has 0 bridgehead atoms. The van der Waals surface area contributed by atoms with Crippen LogP contribution in [0, 0.1) is 0 Å². The average Bonchev–Trinajstić information content (AvgIpc) is 2.55. The van der Waals surface area contributed by atoms with Crippen LogP contribution in [0.1, 0.15) is 17.2 Å². The SMILES string of the molecule is COCC(N[C@H](CO)Cc1ccccc1)c1ccccc1. The minimum atomic E-state index is 0.00718. The van der Waals surface area contributed by atoms with Gasteiger partial charge in [-0.2, -0.15) is 0 Å². The number of benzene rings is 2. The Morgan fingerprint density at radius 1 is 1.00 bits per heavy atom. The number of hydrogen-bond acceptors (Lipinski definition) is 3. The Hall–Kier alpha value is -1.68. The van der Waals surface area contributed by atoms with Gasteiger partial charge in [0.15, 0.2) is 0 Å². The standard InChI is InChI=1S/C18H23NO2/c1-21-14-18(16-10-6-3-7-11-16)19-17(13-20)12-15-8-4-2-5-9-15/h2-11,17-20H,12-14H2,1H3/t17-,18?/m0/s1. The van der Waals surface area contributed by atoms with Crippen LogP contribution in [-0.4, -0.2) is 31.5 Å². The molecule has 0 aromatic heterocycles. The molecule has 0 aliphatic carbocycles. The van der Waals surface area contributed by atoms with E-state index in [0.717, 1.165) is 6.42 Å². The van der Waals surface area contributed by atoms with E-state index < -0.39 is 0 Å². The second-order valence-corrected chi connectivity index (χ2v) is 5.15. The monoisotopic (exact) mass is 285 g/mol. The van der Waals surface area contributed by atoms with E-state index in [2.05, 4.69) is 29.6 Å². The largest absolute Gasteiger partial charge is 0.395 e. The van der Waals surface area contributed by atoms with Gasteiger partial charge in [-0.25, -0.2) is 0 Å². The van der Waals surface area contributed by atoms with E-state index in [-0.39, 0.29) is 18.7 Å². The van der Waals surface area contributed by atoms with Crippen LogP contribution in [0.4, 0.5) is 0 Å². The summed E-state index contributed by atoms with van der Waals surface area (Å²) >= 11 is 0. The molecule has 2 N–H and O–H groups in total. The first-order valence-corrected chi connectivity index (χ1v) is 7.28. The molecule has 3 nitrogen and oxygen atoms in total. The highest BCUT2D eigenvalue weighted by molar-refractivity contribution is 5.20. The Morgan fingerprint density at radius 3 is 2.19 bits per heavy atom. The molecule has 0 radical (unpaired) electrons. The van der Waals surface area contributed by atoms with E-state index in [1.54, 1.807) is 7.11 Å². The van der Waals surface area contributed by atoms with Gasteiger partial charge < -0.3 is 15.2 Å². The van der Waals surface area contributed by atoms with Crippen LogP contribution in [0.25, 0.3) is 0 Å². The van der Waals surface area contributed by atoms with Gasteiger partial charge in [0.05, 0.1) is 19.3 Å². The van der Waals surface area contributed by atoms with Gasteiger partial charge in [-0.3, -0.25) is 0 Å². The third kappa shape index (κ3) is 4.97. The van der Waals surface area contributed by atoms with Gasteiger partial charge in [0, 0.05) is 13.2 Å². The molecule has 2 aromatic carbocycles. The lowest BCUT2D eigenvalue weighted by Crippen LogP contribution is -2.39. The smallest absolute Gasteiger partial charge is 0.0657 e. The van der Waals surface area contributed by atoms with Crippen molar-refractivity contribution in [3.05, 3.63) is 71.8 Å². The molecular formula is C18H23NO2. The van der Waals surface area contributed by atoms with Crippen molar-refractivity contribution < 1.29 is 9.84 Å². The lowest BCUT2D eigenvalue weighted by molar-refractivity contribution is 0.148. The molecule has 2 rings (SSSR count). The molecule has 0 heterocycles. The molecular weight excluding hydrogens is 262 g/mol. The van der Waals surface area contributed by atoms with E-state index >= 15 is 0 Å². The number of nitrogens with one attached hydrogen (secondary N) is 1. The highest BCUT2D eigenvalue weighted by Crippen LogP contribution is 2.15. The molecule has 3 heteroatoms. The first-order chi connectivity index (χ1) is 10.3. The molecule has 0 saturated carbocycles. The molecule has 0 aliphatic heterocycles. The number of ether oxygens (including phenoxy) is 1. The lowest BCUT2D eigenvalue weighted by atomic mass is 10.0. The van der Waals surface area contributed by atoms with Crippen molar-refractivity contribution >= 4 is 0 Å². The summed E-state index contributed by atoms with van der Waals surface area (Å²) in [5.41, 5.74) is 2.39. The second kappa shape index (κ2) is 8.57. The number of methoxy groups -OCH3 is 1. The minimum Gasteiger partial charge on any atom is -0.395 e. The van der Waals surface area contributed by atoms with Crippen molar-refractivity contribution in [2.45, 2.75) is 18.5 Å². The quantitative estimate of drug-likeness (QED) is 0.783. The first kappa shape index (κ1) is 15.7. The summed E-state index contributed by atoms with van der Waals surface area (Å²) in [5.74, 6) is 0. The van der Waals surface area contributed by atoms with Gasteiger partial charge in [-0.05, 0) is 17.5 Å². The molecule has 0 saturated heterocycles. The Labute approximate surface area is 126 Å². The fourth-order valence-electron chi connectivity index (χ4n) is 2.45. The first-order valence-electron chi connectivity index (χ1n) is 7.28. The van der Waals surface area contributed by atoms with Crippen LogP contribution in [-0.2, 0) is 11.2 Å². The van der Waals surface area contributed by atoms with Crippen LogP contribution >= 0.6 is 0 Å². The van der Waals surface area contributed by atoms with Crippen molar-refractivity contribution in [2.75, 3.05) is 20.3 Å². The topological polar surface area (TPSA) is 41.5 Å². The second-order valence-electron chi connectivity index (χ2n) is 5.15. The maximum Gasteiger partial charge on any atom is 0.0657 e. The summed E-state index contributed by atoms with van der Waals surface area (Å²) < 4.78 is 5.31. The Balaban J connectivity index is 2.03. The predicted octanol–water partition coefficient (Wildman–Crippen LogP) is 2.57. The Kier molecular flexibility index (Phi) is 6.41. The van der Waals surface area contributed by atoms with Crippen LogP contribution in [0.5, 0.6) is 0 Å². The minimum absolute atomic E-state index is 0.00718. The van der Waals surface area contributed by atoms with Crippen molar-refractivity contribution in [3.8, 4) is 0 Å². The van der Waals surface area contributed by atoms with Crippen LogP contribution in [0.15, 0.2) is 60.7 Å². The van der Waals surface area contributed by atoms with Crippen LogP contribution in [0.2, 0.25) is 0 Å². The van der Waals surface area contributed by atoms with Gasteiger partial charge in [0.1, 0.15) is 0 Å². The maximum absolute atomic E-state index is 9.65. The van der Waals surface area contributed by atoms with E-state index in [9.17, 15) is 5.11 Å². The van der Waals surface area contributed by atoms with Crippen LogP contribution in [0.3, 0.4) is 0 Å². The fourth-order valence-corrected chi connectivity index (χ4v) is 2.45. The summed E-state index contributed by atoms with van der Waals surface area (Å²) in [4.78, 5) is 0. The summed E-state index contributed by atoms with van der Waals surface area (Å²) in [5, 5.41) is 13.1. The van der Waals surface area contributed by atoms with Gasteiger partial charge in [-0.15, -0.1) is 0 Å². The average molecular weight is 285 g/mol. The van der Waals surface area contributed by atoms with Gasteiger partial charge in [-0.1, -0.05) is 60.7 Å². The van der Waals surface area contributed by atoms with Gasteiger partial charge in [0.2, 0.25) is 0 Å². The zero-order chi connectivity index (χ0) is 14.9. The fraction of sp³-hybridized carbons (Fsp3) is 0.333. The van der Waals surface area contributed by atoms with Crippen molar-refractivity contribution in [1.29, 1.82) is 0 Å². The maximum atomic E-state index is 9.65. The molecule has 2 atom stereocenters. The van der Waals surface area contributed by atoms with Gasteiger partial charge in [0.25, 0.3) is 0 Å². The number of rotatable bonds is 8. The molecule has 0 spiro atoms. The highest BCUT2D eigenvalue weighted by atomic mass is 16.5. The lowest BCUT2D eigenvalue weighted by Gasteiger charge is -2.24. The molecule has 21 heavy (non-hydrogen) atoms. The van der Waals surface area contributed by atoms with Crippen molar-refractivity contribution in [2.24, 2.45) is 0 Å². The normalized spacial score (nSPS) is 13.8. The molecule has 1 unspecified atom stereocenters. The van der Waals surface area contributed by atoms with E-state index in [4.69, 9.17) is 4.74 Å². The molecule has 2 aromatic rings. The molecule has 0 amide bonds. The summed E-state index contributed by atoms with van der Waals surface area (Å²) in [6.07, 6.45) is 0.796. The Bertz CT molecular complexity index is 501. The van der Waals surface area contributed by atoms with E-state index in [1.807, 2.05) is 36.4 Å². The van der Waals surface area contributed by atoms with Crippen molar-refractivity contribution in [1.82, 2.24) is 5.32 Å². The Morgan fingerprint density at radius 2 is 1.62 bits per heavy atom. The van der Waals surface area contributed by atoms with Gasteiger partial charge >= 0.3 is 0 Å². The predicted molar refractivity (Wildman–Crippen MR) is 85.2 cm³/mol. The van der Waals surface area contributed by atoms with Crippen LogP contribution < -0.4 is 5.32 Å². The van der Waals surface area contributed by atoms with E-state index in [0.29, 0.717) is 6.61 Å². The third-order valence-corrected chi connectivity index (χ3v) is 3.52. The number of aliphatic hydroxyl groups excluding tert-OH is 1. The summed E-state index contributed by atoms with van der Waals surface area (Å²) in [6.45, 7) is 0.678. The molecule has 0 fully saturated rings. The zero-order valence-electron chi connectivity index (χ0n) is 12.4. The number of aliphatic hydroxyl groups is 1. The number of hydrogen-bond donors (Lipinski definition) is 2. The zero-order valence-corrected chi connectivity index (χ0v) is 12.4. The van der Waals surface area contributed by atoms with E-state index in [1.165, 1.54) is 11.1 Å². The molecule has 112 valence electrons. The summed E-state index contributed by atoms with van der Waals surface area (Å²) in [7, 11) is 1.70. The molecule has 0 aliphatic rings. The van der Waals surface area contributed by atoms with Crippen molar-refractivity contribution in [3.63, 3.8) is 0 Å².